The van der Waals surface area contributed by atoms with Gasteiger partial charge in [-0.05, 0) is 44.0 Å². The van der Waals surface area contributed by atoms with Crippen LogP contribution in [0.3, 0.4) is 0 Å². The third-order valence-electron chi connectivity index (χ3n) is 4.12. The Balaban J connectivity index is 1.77. The molecule has 1 aliphatic rings. The number of piperidine rings is 1. The van der Waals surface area contributed by atoms with Crippen LogP contribution in [0.5, 0.6) is 0 Å². The predicted molar refractivity (Wildman–Crippen MR) is 88.5 cm³/mol. The summed E-state index contributed by atoms with van der Waals surface area (Å²) in [5, 5.41) is 4.23. The molecule has 6 heteroatoms. The van der Waals surface area contributed by atoms with E-state index in [0.29, 0.717) is 36.0 Å². The Morgan fingerprint density at radius 1 is 1.39 bits per heavy atom. The average molecular weight is 335 g/mol. The Morgan fingerprint density at radius 3 is 3.00 bits per heavy atom. The number of rotatable bonds is 3. The molecule has 3 rings (SSSR count). The van der Waals surface area contributed by atoms with E-state index >= 15 is 0 Å². The maximum absolute atomic E-state index is 12.6. The van der Waals surface area contributed by atoms with Crippen molar-refractivity contribution in [2.75, 3.05) is 19.6 Å². The van der Waals surface area contributed by atoms with Crippen LogP contribution in [0.4, 0.5) is 0 Å². The van der Waals surface area contributed by atoms with E-state index in [9.17, 15) is 9.59 Å². The van der Waals surface area contributed by atoms with E-state index in [-0.39, 0.29) is 17.7 Å². The molecule has 2 amide bonds. The highest BCUT2D eigenvalue weighted by Crippen LogP contribution is 2.25. The number of benzene rings is 1. The van der Waals surface area contributed by atoms with Gasteiger partial charge in [0.25, 0.3) is 5.91 Å². The first kappa shape index (κ1) is 15.9. The molecule has 2 aromatic rings. The highest BCUT2D eigenvalue weighted by atomic mass is 35.5. The molecule has 0 bridgehead atoms. The molecule has 0 radical (unpaired) electrons. The number of carbonyl (C=O) groups is 2. The normalized spacial score (nSPS) is 18.2. The highest BCUT2D eigenvalue weighted by Gasteiger charge is 2.30. The lowest BCUT2D eigenvalue weighted by Gasteiger charge is -2.31. The Morgan fingerprint density at radius 2 is 2.22 bits per heavy atom. The van der Waals surface area contributed by atoms with Crippen LogP contribution in [0.15, 0.2) is 28.7 Å². The molecular formula is C17H19ClN2O3. The van der Waals surface area contributed by atoms with Gasteiger partial charge in [0.2, 0.25) is 5.91 Å². The van der Waals surface area contributed by atoms with E-state index in [0.717, 1.165) is 18.2 Å². The molecule has 1 atom stereocenters. The number of fused-ring (bicyclic) bond motifs is 1. The van der Waals surface area contributed by atoms with Gasteiger partial charge in [0.15, 0.2) is 5.76 Å². The first-order valence-electron chi connectivity index (χ1n) is 7.84. The van der Waals surface area contributed by atoms with Gasteiger partial charge in [-0.15, -0.1) is 0 Å². The third kappa shape index (κ3) is 3.34. The monoisotopic (exact) mass is 334 g/mol. The summed E-state index contributed by atoms with van der Waals surface area (Å²) in [6.45, 7) is 3.58. The lowest BCUT2D eigenvalue weighted by Crippen LogP contribution is -2.45. The number of hydrogen-bond acceptors (Lipinski definition) is 3. The number of amides is 2. The third-order valence-corrected chi connectivity index (χ3v) is 4.35. The van der Waals surface area contributed by atoms with Crippen molar-refractivity contribution >= 4 is 34.4 Å². The van der Waals surface area contributed by atoms with Crippen LogP contribution < -0.4 is 5.32 Å². The lowest BCUT2D eigenvalue weighted by atomic mass is 9.97. The second-order valence-electron chi connectivity index (χ2n) is 5.78. The molecule has 1 aromatic heterocycles. The summed E-state index contributed by atoms with van der Waals surface area (Å²) >= 11 is 5.96. The molecule has 0 aliphatic carbocycles. The molecule has 122 valence electrons. The Kier molecular flexibility index (Phi) is 4.57. The minimum atomic E-state index is -0.175. The molecule has 5 nitrogen and oxygen atoms in total. The smallest absolute Gasteiger partial charge is 0.289 e. The summed E-state index contributed by atoms with van der Waals surface area (Å²) in [5.41, 5.74) is 0.634. The van der Waals surface area contributed by atoms with Gasteiger partial charge < -0.3 is 14.6 Å². The quantitative estimate of drug-likeness (QED) is 0.938. The Labute approximate surface area is 139 Å². The summed E-state index contributed by atoms with van der Waals surface area (Å²) in [4.78, 5) is 26.3. The molecule has 1 fully saturated rings. The lowest BCUT2D eigenvalue weighted by molar-refractivity contribution is -0.126. The summed E-state index contributed by atoms with van der Waals surface area (Å²) in [6.07, 6.45) is 1.63. The number of likely N-dealkylation sites (tertiary alicyclic amines) is 1. The van der Waals surface area contributed by atoms with Crippen LogP contribution in [-0.4, -0.2) is 36.3 Å². The van der Waals surface area contributed by atoms with Gasteiger partial charge in [-0.25, -0.2) is 0 Å². The van der Waals surface area contributed by atoms with Crippen molar-refractivity contribution in [2.45, 2.75) is 19.8 Å². The molecule has 0 spiro atoms. The fraction of sp³-hybridized carbons (Fsp3) is 0.412. The van der Waals surface area contributed by atoms with E-state index in [4.69, 9.17) is 16.0 Å². The van der Waals surface area contributed by atoms with E-state index in [1.54, 1.807) is 29.2 Å². The minimum absolute atomic E-state index is 0.0152. The van der Waals surface area contributed by atoms with Gasteiger partial charge in [-0.3, -0.25) is 9.59 Å². The van der Waals surface area contributed by atoms with E-state index < -0.39 is 0 Å². The summed E-state index contributed by atoms with van der Waals surface area (Å²) in [5.74, 6) is -0.0157. The van der Waals surface area contributed by atoms with Crippen LogP contribution in [0, 0.1) is 5.92 Å². The van der Waals surface area contributed by atoms with Gasteiger partial charge >= 0.3 is 0 Å². The summed E-state index contributed by atoms with van der Waals surface area (Å²) in [6, 6.07) is 6.96. The molecular weight excluding hydrogens is 316 g/mol. The number of halogens is 1. The number of nitrogens with zero attached hydrogens (tertiary/aromatic N) is 1. The van der Waals surface area contributed by atoms with Crippen molar-refractivity contribution < 1.29 is 14.0 Å². The van der Waals surface area contributed by atoms with Crippen molar-refractivity contribution in [3.63, 3.8) is 0 Å². The van der Waals surface area contributed by atoms with Crippen molar-refractivity contribution in [2.24, 2.45) is 5.92 Å². The number of hydrogen-bond donors (Lipinski definition) is 1. The molecule has 1 aromatic carbocycles. The van der Waals surface area contributed by atoms with Crippen molar-refractivity contribution in [3.05, 3.63) is 35.0 Å². The first-order chi connectivity index (χ1) is 11.1. The van der Waals surface area contributed by atoms with Crippen LogP contribution in [0.25, 0.3) is 11.0 Å². The van der Waals surface area contributed by atoms with Crippen LogP contribution in [0.2, 0.25) is 5.02 Å². The zero-order chi connectivity index (χ0) is 16.4. The van der Waals surface area contributed by atoms with Gasteiger partial charge in [0, 0.05) is 30.0 Å². The van der Waals surface area contributed by atoms with Crippen molar-refractivity contribution in [1.29, 1.82) is 0 Å². The molecule has 2 heterocycles. The van der Waals surface area contributed by atoms with Crippen LogP contribution >= 0.6 is 11.6 Å². The fourth-order valence-corrected chi connectivity index (χ4v) is 3.15. The SMILES string of the molecule is CCNC(=O)[C@H]1CCCN(C(=O)c2cc3cc(Cl)ccc3o2)C1. The Hall–Kier alpha value is -2.01. The zero-order valence-electron chi connectivity index (χ0n) is 13.0. The molecule has 0 saturated carbocycles. The van der Waals surface area contributed by atoms with Crippen LogP contribution in [0.1, 0.15) is 30.3 Å². The van der Waals surface area contributed by atoms with Gasteiger partial charge in [0.05, 0.1) is 5.92 Å². The largest absolute Gasteiger partial charge is 0.451 e. The fourth-order valence-electron chi connectivity index (χ4n) is 2.97. The van der Waals surface area contributed by atoms with E-state index in [1.807, 2.05) is 6.92 Å². The van der Waals surface area contributed by atoms with Gasteiger partial charge in [-0.1, -0.05) is 11.6 Å². The highest BCUT2D eigenvalue weighted by molar-refractivity contribution is 6.31. The summed E-state index contributed by atoms with van der Waals surface area (Å²) in [7, 11) is 0. The molecule has 1 N–H and O–H groups in total. The van der Waals surface area contributed by atoms with Crippen LogP contribution in [-0.2, 0) is 4.79 Å². The maximum Gasteiger partial charge on any atom is 0.289 e. The van der Waals surface area contributed by atoms with Crippen molar-refractivity contribution in [1.82, 2.24) is 10.2 Å². The second kappa shape index (κ2) is 6.62. The molecule has 1 saturated heterocycles. The van der Waals surface area contributed by atoms with E-state index in [2.05, 4.69) is 5.32 Å². The molecule has 23 heavy (non-hydrogen) atoms. The summed E-state index contributed by atoms with van der Waals surface area (Å²) < 4.78 is 5.63. The van der Waals surface area contributed by atoms with Crippen molar-refractivity contribution in [3.8, 4) is 0 Å². The minimum Gasteiger partial charge on any atom is -0.451 e. The number of carbonyl (C=O) groups excluding carboxylic acids is 2. The van der Waals surface area contributed by atoms with Gasteiger partial charge in [-0.2, -0.15) is 0 Å². The molecule has 0 unspecified atom stereocenters. The second-order valence-corrected chi connectivity index (χ2v) is 6.21. The molecule has 1 aliphatic heterocycles. The van der Waals surface area contributed by atoms with E-state index in [1.165, 1.54) is 0 Å². The average Bonchev–Trinajstić information content (AvgIpc) is 2.97. The zero-order valence-corrected chi connectivity index (χ0v) is 13.7. The Bertz CT molecular complexity index is 741. The number of nitrogens with one attached hydrogen (secondary N) is 1. The number of furan rings is 1. The topological polar surface area (TPSA) is 62.6 Å². The standard InChI is InChI=1S/C17H19ClN2O3/c1-2-19-16(21)11-4-3-7-20(10-11)17(22)15-9-12-8-13(18)5-6-14(12)23-15/h5-6,8-9,11H,2-4,7,10H2,1H3,(H,19,21)/t11-/m0/s1. The van der Waals surface area contributed by atoms with Gasteiger partial charge in [0.1, 0.15) is 5.58 Å². The first-order valence-corrected chi connectivity index (χ1v) is 8.22. The predicted octanol–water partition coefficient (Wildman–Crippen LogP) is 3.07. The maximum atomic E-state index is 12.6.